The van der Waals surface area contributed by atoms with Crippen LogP contribution in [0.4, 0.5) is 5.82 Å². The molecule has 1 aromatic heterocycles. The summed E-state index contributed by atoms with van der Waals surface area (Å²) in [6, 6.07) is 12.2. The first-order valence-corrected chi connectivity index (χ1v) is 10.4. The zero-order valence-corrected chi connectivity index (χ0v) is 20.5. The lowest BCUT2D eigenvalue weighted by Gasteiger charge is -2.17. The molecule has 30 heavy (non-hydrogen) atoms. The molecule has 7 nitrogen and oxygen atoms in total. The number of hydrogen-bond donors (Lipinski definition) is 3. The Morgan fingerprint density at radius 3 is 2.63 bits per heavy atom. The minimum atomic E-state index is 0. The van der Waals surface area contributed by atoms with E-state index in [1.54, 1.807) is 11.7 Å². The number of nitrogens with two attached hydrogens (primary N) is 1. The van der Waals surface area contributed by atoms with Crippen molar-refractivity contribution in [2.75, 3.05) is 19.3 Å². The fourth-order valence-electron chi connectivity index (χ4n) is 3.20. The molecule has 0 spiro atoms. The van der Waals surface area contributed by atoms with Gasteiger partial charge in [0.05, 0.1) is 11.4 Å². The first-order valence-electron chi connectivity index (χ1n) is 10.4. The molecule has 0 fully saturated rings. The van der Waals surface area contributed by atoms with Gasteiger partial charge < -0.3 is 16.4 Å². The first kappa shape index (κ1) is 25.8. The topological polar surface area (TPSA) is 104 Å². The van der Waals surface area contributed by atoms with Crippen LogP contribution in [-0.2, 0) is 6.42 Å². The summed E-state index contributed by atoms with van der Waals surface area (Å²) in [6.07, 6.45) is 6.35. The normalized spacial score (nSPS) is 12.0. The van der Waals surface area contributed by atoms with Crippen LogP contribution in [0.25, 0.3) is 5.69 Å². The molecule has 0 radical (unpaired) electrons. The quantitative estimate of drug-likeness (QED) is 0.189. The maximum atomic E-state index is 9.50. The number of nitrogens with one attached hydrogen (secondary N) is 2. The van der Waals surface area contributed by atoms with Crippen molar-refractivity contribution in [3.8, 4) is 11.8 Å². The Morgan fingerprint density at radius 2 is 2.00 bits per heavy atom. The molecule has 2 rings (SSSR count). The number of nitrogen functional groups attached to an aromatic ring is 1. The molecule has 0 aliphatic heterocycles. The number of benzene rings is 1. The van der Waals surface area contributed by atoms with Crippen LogP contribution in [0.5, 0.6) is 0 Å². The molecule has 8 heteroatoms. The number of hydrogen-bond acceptors (Lipinski definition) is 4. The van der Waals surface area contributed by atoms with Gasteiger partial charge in [-0.3, -0.25) is 4.99 Å². The Kier molecular flexibility index (Phi) is 11.9. The number of unbranched alkanes of at least 4 members (excludes halogenated alkanes) is 2. The zero-order chi connectivity index (χ0) is 21.1. The Labute approximate surface area is 197 Å². The van der Waals surface area contributed by atoms with E-state index in [1.807, 2.05) is 30.3 Å². The van der Waals surface area contributed by atoms with Gasteiger partial charge in [0.2, 0.25) is 0 Å². The second-order valence-corrected chi connectivity index (χ2v) is 7.21. The SMILES string of the molecule is CCCCCC(C)NC(=NC)NCCCc1nn(-c2ccccc2)c(N)c1C#N.I. The van der Waals surface area contributed by atoms with Gasteiger partial charge in [-0.2, -0.15) is 10.4 Å². The van der Waals surface area contributed by atoms with E-state index in [4.69, 9.17) is 5.73 Å². The lowest BCUT2D eigenvalue weighted by atomic mass is 10.1. The molecule has 1 atom stereocenters. The molecular formula is C22H34IN7. The van der Waals surface area contributed by atoms with Gasteiger partial charge in [-0.1, -0.05) is 44.4 Å². The van der Waals surface area contributed by atoms with Crippen molar-refractivity contribution in [2.24, 2.45) is 4.99 Å². The van der Waals surface area contributed by atoms with Crippen molar-refractivity contribution in [3.05, 3.63) is 41.6 Å². The number of para-hydroxylation sites is 1. The summed E-state index contributed by atoms with van der Waals surface area (Å²) < 4.78 is 1.64. The molecule has 2 aromatic rings. The summed E-state index contributed by atoms with van der Waals surface area (Å²) in [7, 11) is 1.78. The fourth-order valence-corrected chi connectivity index (χ4v) is 3.20. The van der Waals surface area contributed by atoms with Gasteiger partial charge in [0, 0.05) is 19.6 Å². The smallest absolute Gasteiger partial charge is 0.191 e. The summed E-state index contributed by atoms with van der Waals surface area (Å²) in [5.41, 5.74) is 8.20. The van der Waals surface area contributed by atoms with Crippen LogP contribution in [-0.4, -0.2) is 35.4 Å². The number of nitriles is 1. The second-order valence-electron chi connectivity index (χ2n) is 7.21. The van der Waals surface area contributed by atoms with Crippen LogP contribution in [0, 0.1) is 11.3 Å². The maximum absolute atomic E-state index is 9.50. The molecule has 0 saturated heterocycles. The van der Waals surface area contributed by atoms with E-state index < -0.39 is 0 Å². The van der Waals surface area contributed by atoms with E-state index in [-0.39, 0.29) is 24.0 Å². The molecule has 0 amide bonds. The Morgan fingerprint density at radius 1 is 1.27 bits per heavy atom. The first-order chi connectivity index (χ1) is 14.1. The maximum Gasteiger partial charge on any atom is 0.191 e. The van der Waals surface area contributed by atoms with E-state index in [2.05, 4.69) is 40.6 Å². The van der Waals surface area contributed by atoms with E-state index >= 15 is 0 Å². The van der Waals surface area contributed by atoms with Crippen molar-refractivity contribution < 1.29 is 0 Å². The van der Waals surface area contributed by atoms with Crippen LogP contribution in [0.1, 0.15) is 57.2 Å². The van der Waals surface area contributed by atoms with Gasteiger partial charge in [-0.15, -0.1) is 24.0 Å². The minimum absolute atomic E-state index is 0. The van der Waals surface area contributed by atoms with Crippen molar-refractivity contribution in [1.82, 2.24) is 20.4 Å². The molecule has 1 aromatic carbocycles. The lowest BCUT2D eigenvalue weighted by molar-refractivity contribution is 0.546. The van der Waals surface area contributed by atoms with Gasteiger partial charge in [0.1, 0.15) is 17.5 Å². The Hall–Kier alpha value is -2.28. The number of aryl methyl sites for hydroxylation is 1. The summed E-state index contributed by atoms with van der Waals surface area (Å²) >= 11 is 0. The molecule has 4 N–H and O–H groups in total. The molecule has 0 aliphatic carbocycles. The van der Waals surface area contributed by atoms with E-state index in [9.17, 15) is 5.26 Å². The Bertz CT molecular complexity index is 824. The number of anilines is 1. The lowest BCUT2D eigenvalue weighted by Crippen LogP contribution is -2.42. The third-order valence-corrected chi connectivity index (χ3v) is 4.84. The second kappa shape index (κ2) is 13.9. The highest BCUT2D eigenvalue weighted by atomic mass is 127. The molecule has 1 unspecified atom stereocenters. The fraction of sp³-hybridized carbons (Fsp3) is 0.500. The summed E-state index contributed by atoms with van der Waals surface area (Å²) in [5, 5.41) is 20.8. The number of aromatic nitrogens is 2. The summed E-state index contributed by atoms with van der Waals surface area (Å²) in [6.45, 7) is 5.14. The average Bonchev–Trinajstić information content (AvgIpc) is 3.06. The number of rotatable bonds is 10. The third kappa shape index (κ3) is 7.52. The molecule has 164 valence electrons. The van der Waals surface area contributed by atoms with Crippen molar-refractivity contribution >= 4 is 35.8 Å². The predicted molar refractivity (Wildman–Crippen MR) is 135 cm³/mol. The van der Waals surface area contributed by atoms with E-state index in [1.165, 1.54) is 19.3 Å². The van der Waals surface area contributed by atoms with Crippen LogP contribution in [0.2, 0.25) is 0 Å². The number of guanidine groups is 1. The van der Waals surface area contributed by atoms with Gasteiger partial charge in [-0.05, 0) is 38.3 Å². The monoisotopic (exact) mass is 523 g/mol. The van der Waals surface area contributed by atoms with Gasteiger partial charge in [0.25, 0.3) is 0 Å². The molecule has 1 heterocycles. The Balaban J connectivity index is 0.00000450. The molecule has 0 bridgehead atoms. The molecule has 0 saturated carbocycles. The van der Waals surface area contributed by atoms with Crippen LogP contribution in [0.3, 0.4) is 0 Å². The third-order valence-electron chi connectivity index (χ3n) is 4.84. The molecule has 0 aliphatic rings. The molecular weight excluding hydrogens is 489 g/mol. The number of nitrogens with zero attached hydrogens (tertiary/aromatic N) is 4. The summed E-state index contributed by atoms with van der Waals surface area (Å²) in [4.78, 5) is 4.29. The standard InChI is InChI=1S/C22H33N7.HI/c1-4-5-7-11-17(2)27-22(25-3)26-15-10-14-20-19(16-23)21(24)29(28-20)18-12-8-6-9-13-18;/h6,8-9,12-13,17H,4-5,7,10-11,14-15,24H2,1-3H3,(H2,25,26,27);1H. The zero-order valence-electron chi connectivity index (χ0n) is 18.2. The van der Waals surface area contributed by atoms with Crippen LogP contribution < -0.4 is 16.4 Å². The van der Waals surface area contributed by atoms with Gasteiger partial charge >= 0.3 is 0 Å². The predicted octanol–water partition coefficient (Wildman–Crippen LogP) is 4.01. The van der Waals surface area contributed by atoms with Gasteiger partial charge in [0.15, 0.2) is 5.96 Å². The highest BCUT2D eigenvalue weighted by molar-refractivity contribution is 14.0. The van der Waals surface area contributed by atoms with Crippen molar-refractivity contribution in [1.29, 1.82) is 5.26 Å². The van der Waals surface area contributed by atoms with Crippen LogP contribution >= 0.6 is 24.0 Å². The van der Waals surface area contributed by atoms with E-state index in [0.29, 0.717) is 23.8 Å². The minimum Gasteiger partial charge on any atom is -0.382 e. The number of halogens is 1. The van der Waals surface area contributed by atoms with Crippen molar-refractivity contribution in [2.45, 2.75) is 58.4 Å². The summed E-state index contributed by atoms with van der Waals surface area (Å²) in [5.74, 6) is 1.20. The van der Waals surface area contributed by atoms with Crippen molar-refractivity contribution in [3.63, 3.8) is 0 Å². The van der Waals surface area contributed by atoms with Crippen LogP contribution in [0.15, 0.2) is 35.3 Å². The highest BCUT2D eigenvalue weighted by Gasteiger charge is 2.16. The largest absolute Gasteiger partial charge is 0.382 e. The average molecular weight is 523 g/mol. The van der Waals surface area contributed by atoms with E-state index in [0.717, 1.165) is 36.7 Å². The van der Waals surface area contributed by atoms with Gasteiger partial charge in [-0.25, -0.2) is 4.68 Å². The highest BCUT2D eigenvalue weighted by Crippen LogP contribution is 2.21. The number of aliphatic imine (C=N–C) groups is 1.